The van der Waals surface area contributed by atoms with E-state index in [9.17, 15) is 0 Å². The van der Waals surface area contributed by atoms with Gasteiger partial charge in [-0.05, 0) is 45.1 Å². The van der Waals surface area contributed by atoms with Crippen molar-refractivity contribution < 1.29 is 0 Å². The first-order valence-corrected chi connectivity index (χ1v) is 5.71. The van der Waals surface area contributed by atoms with E-state index < -0.39 is 0 Å². The van der Waals surface area contributed by atoms with Crippen LogP contribution in [0.15, 0.2) is 12.7 Å². The third kappa shape index (κ3) is 6.20. The van der Waals surface area contributed by atoms with Crippen molar-refractivity contribution in [3.8, 4) is 0 Å². The van der Waals surface area contributed by atoms with Crippen molar-refractivity contribution in [2.45, 2.75) is 59.4 Å². The van der Waals surface area contributed by atoms with E-state index in [1.165, 1.54) is 19.3 Å². The van der Waals surface area contributed by atoms with Crippen molar-refractivity contribution in [2.75, 3.05) is 6.54 Å². The van der Waals surface area contributed by atoms with Gasteiger partial charge in [0.05, 0.1) is 0 Å². The Bertz CT molecular complexity index is 168. The predicted molar refractivity (Wildman–Crippen MR) is 65.6 cm³/mol. The summed E-state index contributed by atoms with van der Waals surface area (Å²) < 4.78 is 0. The van der Waals surface area contributed by atoms with Gasteiger partial charge in [0.25, 0.3) is 0 Å². The highest BCUT2D eigenvalue weighted by Crippen LogP contribution is 2.26. The third-order valence-corrected chi connectivity index (χ3v) is 2.80. The van der Waals surface area contributed by atoms with Crippen molar-refractivity contribution >= 4 is 0 Å². The van der Waals surface area contributed by atoms with Gasteiger partial charge in [0.1, 0.15) is 0 Å². The van der Waals surface area contributed by atoms with Crippen LogP contribution >= 0.6 is 0 Å². The summed E-state index contributed by atoms with van der Waals surface area (Å²) in [4.78, 5) is 0. The van der Waals surface area contributed by atoms with Crippen LogP contribution in [0, 0.1) is 5.41 Å². The molecule has 0 fully saturated rings. The van der Waals surface area contributed by atoms with E-state index in [0.29, 0.717) is 0 Å². The molecule has 0 aliphatic carbocycles. The molecule has 0 aliphatic rings. The highest BCUT2D eigenvalue weighted by Gasteiger charge is 2.21. The monoisotopic (exact) mass is 197 g/mol. The predicted octanol–water partition coefficient (Wildman–Crippen LogP) is 3.76. The minimum absolute atomic E-state index is 0.260. The quantitative estimate of drug-likeness (QED) is 0.613. The lowest BCUT2D eigenvalue weighted by Crippen LogP contribution is -2.40. The van der Waals surface area contributed by atoms with Crippen molar-refractivity contribution in [3.63, 3.8) is 0 Å². The second-order valence-corrected chi connectivity index (χ2v) is 5.50. The molecule has 1 N–H and O–H groups in total. The Hall–Kier alpha value is -0.300. The fraction of sp³-hybridized carbons (Fsp3) is 0.846. The molecule has 0 heterocycles. The molecule has 0 bridgehead atoms. The SMILES string of the molecule is C=CC(C)(C)CCC(C)(C)NCCC. The molecule has 14 heavy (non-hydrogen) atoms. The molecule has 0 aromatic rings. The smallest absolute Gasteiger partial charge is 0.0125 e. The van der Waals surface area contributed by atoms with Crippen LogP contribution in [0.3, 0.4) is 0 Å². The van der Waals surface area contributed by atoms with Crippen molar-refractivity contribution in [1.29, 1.82) is 0 Å². The summed E-state index contributed by atoms with van der Waals surface area (Å²) in [5.41, 5.74) is 0.529. The van der Waals surface area contributed by atoms with E-state index in [1.54, 1.807) is 0 Å². The first kappa shape index (κ1) is 13.7. The Morgan fingerprint density at radius 2 is 1.71 bits per heavy atom. The summed E-state index contributed by atoms with van der Waals surface area (Å²) in [5.74, 6) is 0. The van der Waals surface area contributed by atoms with Crippen LogP contribution in [0.4, 0.5) is 0 Å². The van der Waals surface area contributed by atoms with Gasteiger partial charge >= 0.3 is 0 Å². The van der Waals surface area contributed by atoms with Crippen LogP contribution in [-0.2, 0) is 0 Å². The van der Waals surface area contributed by atoms with Gasteiger partial charge in [-0.2, -0.15) is 0 Å². The third-order valence-electron chi connectivity index (χ3n) is 2.80. The molecule has 0 unspecified atom stereocenters. The summed E-state index contributed by atoms with van der Waals surface area (Å²) in [5, 5.41) is 3.57. The first-order chi connectivity index (χ1) is 6.33. The minimum Gasteiger partial charge on any atom is -0.312 e. The van der Waals surface area contributed by atoms with Crippen LogP contribution in [0.1, 0.15) is 53.9 Å². The summed E-state index contributed by atoms with van der Waals surface area (Å²) in [7, 11) is 0. The maximum absolute atomic E-state index is 3.87. The molecule has 0 atom stereocenters. The van der Waals surface area contributed by atoms with E-state index >= 15 is 0 Å². The van der Waals surface area contributed by atoms with Gasteiger partial charge in [0.15, 0.2) is 0 Å². The Balaban J connectivity index is 3.91. The van der Waals surface area contributed by atoms with Gasteiger partial charge in [-0.3, -0.25) is 0 Å². The van der Waals surface area contributed by atoms with Crippen LogP contribution in [0.2, 0.25) is 0 Å². The summed E-state index contributed by atoms with van der Waals surface area (Å²) in [6.07, 6.45) is 5.66. The molecular weight excluding hydrogens is 170 g/mol. The maximum Gasteiger partial charge on any atom is 0.0125 e. The number of hydrogen-bond acceptors (Lipinski definition) is 1. The molecule has 0 aromatic heterocycles. The van der Waals surface area contributed by atoms with E-state index in [2.05, 4.69) is 52.6 Å². The summed E-state index contributed by atoms with van der Waals surface area (Å²) in [6.45, 7) is 16.2. The molecule has 0 amide bonds. The first-order valence-electron chi connectivity index (χ1n) is 5.71. The molecule has 0 radical (unpaired) electrons. The van der Waals surface area contributed by atoms with E-state index in [0.717, 1.165) is 6.54 Å². The summed E-state index contributed by atoms with van der Waals surface area (Å²) in [6, 6.07) is 0. The average molecular weight is 197 g/mol. The van der Waals surface area contributed by atoms with Crippen molar-refractivity contribution in [2.24, 2.45) is 5.41 Å². The molecule has 0 saturated heterocycles. The fourth-order valence-corrected chi connectivity index (χ4v) is 1.29. The van der Waals surface area contributed by atoms with Gasteiger partial charge in [0, 0.05) is 5.54 Å². The Morgan fingerprint density at radius 1 is 1.14 bits per heavy atom. The highest BCUT2D eigenvalue weighted by molar-refractivity contribution is 4.90. The van der Waals surface area contributed by atoms with E-state index in [-0.39, 0.29) is 11.0 Å². The zero-order valence-corrected chi connectivity index (χ0v) is 10.6. The minimum atomic E-state index is 0.260. The molecule has 0 saturated carbocycles. The van der Waals surface area contributed by atoms with Crippen LogP contribution < -0.4 is 5.32 Å². The molecule has 1 nitrogen and oxygen atoms in total. The lowest BCUT2D eigenvalue weighted by molar-refractivity contribution is 0.301. The molecular formula is C13H27N. The zero-order chi connectivity index (χ0) is 11.2. The largest absolute Gasteiger partial charge is 0.312 e. The molecule has 84 valence electrons. The highest BCUT2D eigenvalue weighted by atomic mass is 14.9. The van der Waals surface area contributed by atoms with Gasteiger partial charge < -0.3 is 5.32 Å². The number of nitrogens with one attached hydrogen (secondary N) is 1. The molecule has 0 spiro atoms. The Kier molecular flexibility index (Phi) is 5.43. The number of hydrogen-bond donors (Lipinski definition) is 1. The summed E-state index contributed by atoms with van der Waals surface area (Å²) >= 11 is 0. The zero-order valence-electron chi connectivity index (χ0n) is 10.6. The lowest BCUT2D eigenvalue weighted by Gasteiger charge is -2.30. The van der Waals surface area contributed by atoms with Gasteiger partial charge in [-0.15, -0.1) is 6.58 Å². The van der Waals surface area contributed by atoms with Crippen molar-refractivity contribution in [1.82, 2.24) is 5.32 Å². The molecule has 0 rings (SSSR count). The second-order valence-electron chi connectivity index (χ2n) is 5.50. The maximum atomic E-state index is 3.87. The topological polar surface area (TPSA) is 12.0 Å². The normalized spacial score (nSPS) is 12.9. The van der Waals surface area contributed by atoms with Crippen LogP contribution in [0.25, 0.3) is 0 Å². The average Bonchev–Trinajstić information content (AvgIpc) is 2.12. The fourth-order valence-electron chi connectivity index (χ4n) is 1.29. The standard InChI is InChI=1S/C13H27N/c1-7-11-14-13(5,6)10-9-12(3,4)8-2/h8,14H,2,7,9-11H2,1,3-6H3. The van der Waals surface area contributed by atoms with Gasteiger partial charge in [-0.25, -0.2) is 0 Å². The Labute approximate surface area is 90.0 Å². The molecule has 1 heteroatoms. The molecule has 0 aromatic carbocycles. The van der Waals surface area contributed by atoms with Crippen molar-refractivity contribution in [3.05, 3.63) is 12.7 Å². The second kappa shape index (κ2) is 5.55. The van der Waals surface area contributed by atoms with E-state index in [4.69, 9.17) is 0 Å². The van der Waals surface area contributed by atoms with Gasteiger partial charge in [0.2, 0.25) is 0 Å². The van der Waals surface area contributed by atoms with E-state index in [1.807, 2.05) is 0 Å². The number of rotatable bonds is 7. The van der Waals surface area contributed by atoms with Gasteiger partial charge in [-0.1, -0.05) is 26.8 Å². The van der Waals surface area contributed by atoms with Crippen LogP contribution in [0.5, 0.6) is 0 Å². The number of allylic oxidation sites excluding steroid dienone is 1. The van der Waals surface area contributed by atoms with Crippen LogP contribution in [-0.4, -0.2) is 12.1 Å². The molecule has 0 aliphatic heterocycles. The lowest BCUT2D eigenvalue weighted by atomic mass is 9.83. The Morgan fingerprint density at radius 3 is 2.14 bits per heavy atom.